The Hall–Kier alpha value is -2.43. The summed E-state index contributed by atoms with van der Waals surface area (Å²) in [6.07, 6.45) is 2.12. The summed E-state index contributed by atoms with van der Waals surface area (Å²) in [7, 11) is 1.34. The van der Waals surface area contributed by atoms with Gasteiger partial charge in [-0.25, -0.2) is 0 Å². The van der Waals surface area contributed by atoms with Crippen molar-refractivity contribution in [3.63, 3.8) is 0 Å². The Morgan fingerprint density at radius 2 is 1.80 bits per heavy atom. The normalized spacial score (nSPS) is 28.1. The topological polar surface area (TPSA) is 69.7 Å². The van der Waals surface area contributed by atoms with Crippen molar-refractivity contribution in [3.05, 3.63) is 46.7 Å². The predicted octanol–water partition coefficient (Wildman–Crippen LogP) is 3.32. The van der Waals surface area contributed by atoms with E-state index in [0.717, 1.165) is 18.4 Å². The molecular weight excluding hydrogens is 320 g/mol. The molecule has 0 heterocycles. The molecule has 0 N–H and O–H groups in total. The van der Waals surface area contributed by atoms with E-state index >= 15 is 0 Å². The Morgan fingerprint density at radius 3 is 2.44 bits per heavy atom. The van der Waals surface area contributed by atoms with Gasteiger partial charge < -0.3 is 9.47 Å². The fraction of sp³-hybridized carbons (Fsp3) is 0.450. The second-order valence-corrected chi connectivity index (χ2v) is 7.18. The number of hydrogen-bond acceptors (Lipinski definition) is 5. The van der Waals surface area contributed by atoms with Gasteiger partial charge in [0.05, 0.1) is 12.5 Å². The van der Waals surface area contributed by atoms with E-state index in [1.54, 1.807) is 19.1 Å². The molecule has 0 unspecified atom stereocenters. The van der Waals surface area contributed by atoms with Gasteiger partial charge in [0.1, 0.15) is 0 Å². The summed E-state index contributed by atoms with van der Waals surface area (Å²) in [4.78, 5) is 37.4. The van der Waals surface area contributed by atoms with Gasteiger partial charge in [-0.15, -0.1) is 0 Å². The highest BCUT2D eigenvalue weighted by molar-refractivity contribution is 6.12. The average molecular weight is 342 g/mol. The lowest BCUT2D eigenvalue weighted by molar-refractivity contribution is -0.152. The fourth-order valence-corrected chi connectivity index (χ4v) is 4.49. The fourth-order valence-electron chi connectivity index (χ4n) is 4.49. The first-order valence-corrected chi connectivity index (χ1v) is 8.42. The molecule has 0 saturated heterocycles. The number of Topliss-reactive ketones (excluding diaryl/α,β-unsaturated/α-hetero) is 1. The molecule has 5 nitrogen and oxygen atoms in total. The third-order valence-electron chi connectivity index (χ3n) is 5.54. The zero-order chi connectivity index (χ0) is 18.4. The number of ether oxygens (including phenoxy) is 2. The zero-order valence-corrected chi connectivity index (χ0v) is 15.0. The Morgan fingerprint density at radius 1 is 1.12 bits per heavy atom. The van der Waals surface area contributed by atoms with Crippen molar-refractivity contribution in [2.45, 2.75) is 45.4 Å². The van der Waals surface area contributed by atoms with E-state index in [2.05, 4.69) is 0 Å². The van der Waals surface area contributed by atoms with E-state index in [1.807, 2.05) is 19.1 Å². The van der Waals surface area contributed by atoms with Gasteiger partial charge >= 0.3 is 11.9 Å². The number of fused-ring (bicyclic) bond motifs is 3. The number of rotatable bonds is 2. The molecule has 0 spiro atoms. The monoisotopic (exact) mass is 342 g/mol. The second kappa shape index (κ2) is 5.83. The van der Waals surface area contributed by atoms with Gasteiger partial charge in [0.2, 0.25) is 5.78 Å². The van der Waals surface area contributed by atoms with Gasteiger partial charge in [0, 0.05) is 23.5 Å². The van der Waals surface area contributed by atoms with E-state index in [0.29, 0.717) is 17.6 Å². The minimum atomic E-state index is -1.00. The predicted molar refractivity (Wildman–Crippen MR) is 90.9 cm³/mol. The average Bonchev–Trinajstić information content (AvgIpc) is 2.58. The summed E-state index contributed by atoms with van der Waals surface area (Å²) >= 11 is 0. The van der Waals surface area contributed by atoms with Gasteiger partial charge in [0.15, 0.2) is 5.76 Å². The summed E-state index contributed by atoms with van der Waals surface area (Å²) in [6.45, 7) is 5.05. The molecule has 0 amide bonds. The standard InChI is InChI=1S/C20H22O5/c1-12(21)25-16-15(22)13-8-5-6-9-14(13)19(2)10-7-11-20(3,17(16)19)18(23)24-4/h5-6,8-9H,7,10-11H2,1-4H3/t19-,20+/m0/s1. The zero-order valence-electron chi connectivity index (χ0n) is 15.0. The van der Waals surface area contributed by atoms with E-state index in [9.17, 15) is 14.4 Å². The van der Waals surface area contributed by atoms with Crippen LogP contribution in [0.3, 0.4) is 0 Å². The number of esters is 2. The Bertz CT molecular complexity index is 806. The number of allylic oxidation sites excluding steroid dienone is 1. The van der Waals surface area contributed by atoms with Crippen molar-refractivity contribution < 1.29 is 23.9 Å². The van der Waals surface area contributed by atoms with Crippen LogP contribution in [0.2, 0.25) is 0 Å². The first-order valence-electron chi connectivity index (χ1n) is 8.42. The minimum Gasteiger partial charge on any atom is -0.468 e. The first-order chi connectivity index (χ1) is 11.8. The molecule has 2 aliphatic carbocycles. The lowest BCUT2D eigenvalue weighted by Gasteiger charge is -2.49. The highest BCUT2D eigenvalue weighted by Gasteiger charge is 2.56. The quantitative estimate of drug-likeness (QED) is 0.771. The molecule has 2 atom stereocenters. The minimum absolute atomic E-state index is 0.0127. The van der Waals surface area contributed by atoms with E-state index in [4.69, 9.17) is 9.47 Å². The lowest BCUT2D eigenvalue weighted by atomic mass is 9.54. The lowest BCUT2D eigenvalue weighted by Crippen LogP contribution is -2.48. The Labute approximate surface area is 147 Å². The van der Waals surface area contributed by atoms with Crippen LogP contribution >= 0.6 is 0 Å². The molecule has 0 aromatic heterocycles. The molecule has 1 saturated carbocycles. The van der Waals surface area contributed by atoms with Crippen molar-refractivity contribution in [3.8, 4) is 0 Å². The van der Waals surface area contributed by atoms with Crippen LogP contribution in [0, 0.1) is 5.41 Å². The van der Waals surface area contributed by atoms with Crippen LogP contribution in [0.5, 0.6) is 0 Å². The van der Waals surface area contributed by atoms with Crippen molar-refractivity contribution >= 4 is 17.7 Å². The van der Waals surface area contributed by atoms with E-state index in [-0.39, 0.29) is 11.5 Å². The maximum Gasteiger partial charge on any atom is 0.315 e. The van der Waals surface area contributed by atoms with Gasteiger partial charge in [-0.05, 0) is 25.3 Å². The van der Waals surface area contributed by atoms with Gasteiger partial charge in [-0.1, -0.05) is 37.6 Å². The number of benzene rings is 1. The van der Waals surface area contributed by atoms with Crippen LogP contribution < -0.4 is 0 Å². The molecular formula is C20H22O5. The molecule has 3 rings (SSSR count). The summed E-state index contributed by atoms with van der Waals surface area (Å²) in [6, 6.07) is 7.34. The molecule has 1 aromatic carbocycles. The van der Waals surface area contributed by atoms with Crippen molar-refractivity contribution in [2.24, 2.45) is 5.41 Å². The third-order valence-corrected chi connectivity index (χ3v) is 5.54. The summed E-state index contributed by atoms with van der Waals surface area (Å²) < 4.78 is 10.4. The highest BCUT2D eigenvalue weighted by atomic mass is 16.5. The maximum atomic E-state index is 13.1. The number of carbonyl (C=O) groups is 3. The van der Waals surface area contributed by atoms with Crippen LogP contribution in [0.25, 0.3) is 0 Å². The number of carbonyl (C=O) groups excluding carboxylic acids is 3. The maximum absolute atomic E-state index is 13.1. The molecule has 25 heavy (non-hydrogen) atoms. The first kappa shape index (κ1) is 17.4. The molecule has 5 heteroatoms. The molecule has 0 bridgehead atoms. The number of methoxy groups -OCH3 is 1. The molecule has 2 aliphatic rings. The Kier molecular flexibility index (Phi) is 4.06. The molecule has 132 valence electrons. The molecule has 0 aliphatic heterocycles. The van der Waals surface area contributed by atoms with Crippen LogP contribution in [-0.4, -0.2) is 24.8 Å². The van der Waals surface area contributed by atoms with Crippen molar-refractivity contribution in [1.29, 1.82) is 0 Å². The second-order valence-electron chi connectivity index (χ2n) is 7.18. The number of hydrogen-bond donors (Lipinski definition) is 0. The number of ketones is 1. The van der Waals surface area contributed by atoms with E-state index < -0.39 is 22.8 Å². The largest absolute Gasteiger partial charge is 0.468 e. The van der Waals surface area contributed by atoms with Crippen LogP contribution in [-0.2, 0) is 24.5 Å². The summed E-state index contributed by atoms with van der Waals surface area (Å²) in [5.74, 6) is -1.35. The molecule has 1 fully saturated rings. The highest BCUT2D eigenvalue weighted by Crippen LogP contribution is 2.57. The molecule has 1 aromatic rings. The Balaban J connectivity index is 2.35. The van der Waals surface area contributed by atoms with Gasteiger partial charge in [-0.3, -0.25) is 14.4 Å². The summed E-state index contributed by atoms with van der Waals surface area (Å²) in [5.41, 5.74) is 0.406. The van der Waals surface area contributed by atoms with Gasteiger partial charge in [-0.2, -0.15) is 0 Å². The van der Waals surface area contributed by atoms with Gasteiger partial charge in [0.25, 0.3) is 0 Å². The molecule has 0 radical (unpaired) electrons. The van der Waals surface area contributed by atoms with Crippen molar-refractivity contribution in [1.82, 2.24) is 0 Å². The SMILES string of the molecule is COC(=O)[C@]1(C)CCC[C@]2(C)C1=C(OC(C)=O)C(=O)c1ccccc12. The van der Waals surface area contributed by atoms with Crippen LogP contribution in [0.15, 0.2) is 35.6 Å². The van der Waals surface area contributed by atoms with Crippen LogP contribution in [0.4, 0.5) is 0 Å². The third kappa shape index (κ3) is 2.41. The van der Waals surface area contributed by atoms with Crippen molar-refractivity contribution in [2.75, 3.05) is 7.11 Å². The summed E-state index contributed by atoms with van der Waals surface area (Å²) in [5, 5.41) is 0. The van der Waals surface area contributed by atoms with Crippen LogP contribution in [0.1, 0.15) is 56.0 Å². The van der Waals surface area contributed by atoms with E-state index in [1.165, 1.54) is 14.0 Å². The smallest absolute Gasteiger partial charge is 0.315 e.